The SMILES string of the molecule is CSCC[C@H](NC(=O)OCC1c2ccccc2-c2ccccc21)C(=O)c1c[nH]c2ccccc12. The predicted octanol–water partition coefficient (Wildman–Crippen LogP) is 6.01. The van der Waals surface area contributed by atoms with Crippen LogP contribution in [-0.4, -0.2) is 41.5 Å². The highest BCUT2D eigenvalue weighted by Crippen LogP contribution is 2.44. The molecule has 0 aliphatic heterocycles. The van der Waals surface area contributed by atoms with Crippen LogP contribution in [0.2, 0.25) is 0 Å². The predicted molar refractivity (Wildman–Crippen MR) is 138 cm³/mol. The number of hydrogen-bond acceptors (Lipinski definition) is 4. The lowest BCUT2D eigenvalue weighted by molar-refractivity contribution is 0.0919. The zero-order valence-corrected chi connectivity index (χ0v) is 19.7. The third-order valence-corrected chi connectivity index (χ3v) is 7.06. The lowest BCUT2D eigenvalue weighted by Crippen LogP contribution is -2.42. The van der Waals surface area contributed by atoms with Crippen LogP contribution >= 0.6 is 11.8 Å². The van der Waals surface area contributed by atoms with Gasteiger partial charge in [-0.1, -0.05) is 66.7 Å². The Labute approximate surface area is 202 Å². The summed E-state index contributed by atoms with van der Waals surface area (Å²) < 4.78 is 5.69. The fourth-order valence-corrected chi connectivity index (χ4v) is 5.22. The number of rotatable bonds is 8. The van der Waals surface area contributed by atoms with Gasteiger partial charge in [0.15, 0.2) is 5.78 Å². The summed E-state index contributed by atoms with van der Waals surface area (Å²) in [5.74, 6) is 0.620. The van der Waals surface area contributed by atoms with Crippen LogP contribution in [0.15, 0.2) is 79.0 Å². The van der Waals surface area contributed by atoms with Crippen molar-refractivity contribution in [2.45, 2.75) is 18.4 Å². The smallest absolute Gasteiger partial charge is 0.407 e. The average molecular weight is 471 g/mol. The highest BCUT2D eigenvalue weighted by Gasteiger charge is 2.30. The molecule has 0 unspecified atom stereocenters. The van der Waals surface area contributed by atoms with Gasteiger partial charge in [0.25, 0.3) is 0 Å². The van der Waals surface area contributed by atoms with E-state index in [2.05, 4.69) is 34.6 Å². The molecule has 1 atom stereocenters. The van der Waals surface area contributed by atoms with E-state index in [9.17, 15) is 9.59 Å². The zero-order valence-electron chi connectivity index (χ0n) is 18.9. The van der Waals surface area contributed by atoms with Gasteiger partial charge in [-0.2, -0.15) is 11.8 Å². The van der Waals surface area contributed by atoms with E-state index < -0.39 is 12.1 Å². The van der Waals surface area contributed by atoms with Crippen molar-refractivity contribution in [3.8, 4) is 11.1 Å². The number of hydrogen-bond donors (Lipinski definition) is 2. The number of H-pyrrole nitrogens is 1. The van der Waals surface area contributed by atoms with Gasteiger partial charge in [-0.05, 0) is 46.7 Å². The van der Waals surface area contributed by atoms with E-state index in [1.54, 1.807) is 18.0 Å². The van der Waals surface area contributed by atoms with E-state index >= 15 is 0 Å². The lowest BCUT2D eigenvalue weighted by atomic mass is 9.98. The minimum absolute atomic E-state index is 0.0212. The molecule has 1 heterocycles. The Bertz CT molecular complexity index is 1300. The second-order valence-corrected chi connectivity index (χ2v) is 9.40. The van der Waals surface area contributed by atoms with Crippen LogP contribution in [0, 0.1) is 0 Å². The largest absolute Gasteiger partial charge is 0.449 e. The second kappa shape index (κ2) is 9.77. The number of ether oxygens (including phenoxy) is 1. The van der Waals surface area contributed by atoms with E-state index in [4.69, 9.17) is 4.74 Å². The summed E-state index contributed by atoms with van der Waals surface area (Å²) in [6.07, 6.45) is 3.67. The van der Waals surface area contributed by atoms with Crippen molar-refractivity contribution in [1.29, 1.82) is 0 Å². The van der Waals surface area contributed by atoms with Crippen LogP contribution in [0.5, 0.6) is 0 Å². The fraction of sp³-hybridized carbons (Fsp3) is 0.214. The molecule has 1 aromatic heterocycles. The molecular formula is C28H26N2O3S. The molecule has 2 N–H and O–H groups in total. The molecule has 4 aromatic rings. The van der Waals surface area contributed by atoms with Crippen molar-refractivity contribution in [2.24, 2.45) is 0 Å². The highest BCUT2D eigenvalue weighted by molar-refractivity contribution is 7.98. The number of nitrogens with one attached hydrogen (secondary N) is 2. The third-order valence-electron chi connectivity index (χ3n) is 6.42. The first-order valence-electron chi connectivity index (χ1n) is 11.4. The summed E-state index contributed by atoms with van der Waals surface area (Å²) in [4.78, 5) is 29.3. The first kappa shape index (κ1) is 22.3. The van der Waals surface area contributed by atoms with Gasteiger partial charge in [0.2, 0.25) is 0 Å². The molecule has 172 valence electrons. The van der Waals surface area contributed by atoms with Crippen molar-refractivity contribution in [2.75, 3.05) is 18.6 Å². The molecule has 1 amide bonds. The number of benzene rings is 3. The lowest BCUT2D eigenvalue weighted by Gasteiger charge is -2.19. The number of para-hydroxylation sites is 1. The summed E-state index contributed by atoms with van der Waals surface area (Å²) in [6, 6.07) is 23.5. The Kier molecular flexibility index (Phi) is 6.41. The topological polar surface area (TPSA) is 71.2 Å². The number of amides is 1. The molecule has 0 saturated heterocycles. The molecule has 6 heteroatoms. The molecule has 0 radical (unpaired) electrons. The van der Waals surface area contributed by atoms with Crippen molar-refractivity contribution >= 4 is 34.5 Å². The van der Waals surface area contributed by atoms with Gasteiger partial charge in [-0.25, -0.2) is 4.79 Å². The van der Waals surface area contributed by atoms with Gasteiger partial charge in [-0.3, -0.25) is 4.79 Å². The van der Waals surface area contributed by atoms with Crippen LogP contribution in [0.4, 0.5) is 4.79 Å². The van der Waals surface area contributed by atoms with Gasteiger partial charge in [0.1, 0.15) is 6.61 Å². The van der Waals surface area contributed by atoms with Crippen molar-refractivity contribution < 1.29 is 14.3 Å². The van der Waals surface area contributed by atoms with Gasteiger partial charge >= 0.3 is 6.09 Å². The molecular weight excluding hydrogens is 444 g/mol. The zero-order chi connectivity index (χ0) is 23.5. The fourth-order valence-electron chi connectivity index (χ4n) is 4.75. The maximum absolute atomic E-state index is 13.3. The normalized spacial score (nSPS) is 13.3. The van der Waals surface area contributed by atoms with E-state index in [1.165, 1.54) is 11.1 Å². The van der Waals surface area contributed by atoms with E-state index in [1.807, 2.05) is 54.8 Å². The maximum Gasteiger partial charge on any atom is 0.407 e. The molecule has 5 rings (SSSR count). The highest BCUT2D eigenvalue weighted by atomic mass is 32.2. The molecule has 3 aromatic carbocycles. The second-order valence-electron chi connectivity index (χ2n) is 8.42. The molecule has 0 saturated carbocycles. The van der Waals surface area contributed by atoms with E-state index in [0.717, 1.165) is 27.8 Å². The maximum atomic E-state index is 13.3. The number of thioether (sulfide) groups is 1. The minimum Gasteiger partial charge on any atom is -0.449 e. The number of fused-ring (bicyclic) bond motifs is 4. The first-order chi connectivity index (χ1) is 16.7. The number of carbonyl (C=O) groups is 2. The monoisotopic (exact) mass is 470 g/mol. The van der Waals surface area contributed by atoms with Crippen LogP contribution in [0.1, 0.15) is 33.8 Å². The molecule has 5 nitrogen and oxygen atoms in total. The van der Waals surface area contributed by atoms with Crippen molar-refractivity contribution in [3.05, 3.63) is 95.7 Å². The summed E-state index contributed by atoms with van der Waals surface area (Å²) in [7, 11) is 0. The minimum atomic E-state index is -0.651. The number of alkyl carbamates (subject to hydrolysis) is 1. The Balaban J connectivity index is 1.31. The molecule has 0 bridgehead atoms. The average Bonchev–Trinajstić information content (AvgIpc) is 3.44. The Morgan fingerprint density at radius 2 is 1.62 bits per heavy atom. The molecule has 0 spiro atoms. The van der Waals surface area contributed by atoms with Crippen molar-refractivity contribution in [3.63, 3.8) is 0 Å². The number of aromatic nitrogens is 1. The third kappa shape index (κ3) is 4.21. The van der Waals surface area contributed by atoms with Gasteiger partial charge in [0, 0.05) is 28.6 Å². The van der Waals surface area contributed by atoms with Crippen LogP contribution in [-0.2, 0) is 4.74 Å². The van der Waals surface area contributed by atoms with Crippen LogP contribution in [0.3, 0.4) is 0 Å². The van der Waals surface area contributed by atoms with E-state index in [-0.39, 0.29) is 18.3 Å². The van der Waals surface area contributed by atoms with Crippen molar-refractivity contribution in [1.82, 2.24) is 10.3 Å². The summed E-state index contributed by atoms with van der Waals surface area (Å²) in [5, 5.41) is 3.70. The molecule has 0 fully saturated rings. The van der Waals surface area contributed by atoms with Gasteiger partial charge in [0.05, 0.1) is 6.04 Å². The summed E-state index contributed by atoms with van der Waals surface area (Å²) in [6.45, 7) is 0.219. The van der Waals surface area contributed by atoms with Gasteiger partial charge in [-0.15, -0.1) is 0 Å². The Hall–Kier alpha value is -3.51. The standard InChI is InChI=1S/C28H26N2O3S/c1-34-15-14-26(27(31)23-16-29-25-13-7-6-12-22(23)25)30-28(32)33-17-24-20-10-4-2-8-18(20)19-9-3-5-11-21(19)24/h2-13,16,24,26,29H,14-15,17H2,1H3,(H,30,32)/t26-/m0/s1. The summed E-state index contributed by atoms with van der Waals surface area (Å²) in [5.41, 5.74) is 6.16. The first-order valence-corrected chi connectivity index (χ1v) is 12.8. The Morgan fingerprint density at radius 3 is 2.32 bits per heavy atom. The quantitative estimate of drug-likeness (QED) is 0.309. The number of ketones is 1. The number of carbonyl (C=O) groups excluding carboxylic acids is 2. The van der Waals surface area contributed by atoms with Gasteiger partial charge < -0.3 is 15.0 Å². The molecule has 1 aliphatic carbocycles. The van der Waals surface area contributed by atoms with Crippen LogP contribution < -0.4 is 5.32 Å². The van der Waals surface area contributed by atoms with Crippen LogP contribution in [0.25, 0.3) is 22.0 Å². The molecule has 34 heavy (non-hydrogen) atoms. The summed E-state index contributed by atoms with van der Waals surface area (Å²) >= 11 is 1.64. The number of Topliss-reactive ketones (excluding diaryl/α,β-unsaturated/α-hetero) is 1. The number of aromatic amines is 1. The van der Waals surface area contributed by atoms with E-state index in [0.29, 0.717) is 12.0 Å². The molecule has 1 aliphatic rings. The Morgan fingerprint density at radius 1 is 0.971 bits per heavy atom.